The second-order valence-corrected chi connectivity index (χ2v) is 5.06. The molecule has 0 saturated carbocycles. The van der Waals surface area contributed by atoms with Gasteiger partial charge in [-0.3, -0.25) is 0 Å². The minimum Gasteiger partial charge on any atom is -0.467 e. The summed E-state index contributed by atoms with van der Waals surface area (Å²) in [5, 5.41) is 2.64. The van der Waals surface area contributed by atoms with Gasteiger partial charge in [-0.2, -0.15) is 0 Å². The number of nitrogens with one attached hydrogen (secondary N) is 1. The van der Waals surface area contributed by atoms with Crippen LogP contribution in [0.4, 0.5) is 14.9 Å². The second-order valence-electron chi connectivity index (χ2n) is 4.21. The number of hydrogen-bond acceptors (Lipinski definition) is 3. The molecule has 1 heterocycles. The minimum atomic E-state index is -0.344. The first-order valence-corrected chi connectivity index (χ1v) is 7.20. The van der Waals surface area contributed by atoms with Gasteiger partial charge < -0.3 is 14.6 Å². The molecule has 0 unspecified atom stereocenters. The van der Waals surface area contributed by atoms with Crippen molar-refractivity contribution in [3.05, 3.63) is 48.2 Å². The Labute approximate surface area is 121 Å². The number of furan rings is 1. The van der Waals surface area contributed by atoms with E-state index >= 15 is 0 Å². The minimum absolute atomic E-state index is 0.322. The summed E-state index contributed by atoms with van der Waals surface area (Å²) in [7, 11) is 1.64. The lowest BCUT2D eigenvalue weighted by atomic mass is 10.3. The van der Waals surface area contributed by atoms with E-state index in [1.165, 1.54) is 22.7 Å². The normalized spacial score (nSPS) is 10.3. The zero-order chi connectivity index (χ0) is 14.5. The summed E-state index contributed by atoms with van der Waals surface area (Å²) in [6, 6.07) is 7.85. The smallest absolute Gasteiger partial charge is 0.321 e. The van der Waals surface area contributed by atoms with Crippen molar-refractivity contribution in [3.63, 3.8) is 0 Å². The Kier molecular flexibility index (Phi) is 4.68. The fourth-order valence-electron chi connectivity index (χ4n) is 1.67. The van der Waals surface area contributed by atoms with Gasteiger partial charge in [-0.15, -0.1) is 11.8 Å². The summed E-state index contributed by atoms with van der Waals surface area (Å²) in [4.78, 5) is 14.0. The van der Waals surface area contributed by atoms with Crippen molar-refractivity contribution in [1.82, 2.24) is 4.90 Å². The number of halogens is 1. The van der Waals surface area contributed by atoms with E-state index in [4.69, 9.17) is 4.42 Å². The summed E-state index contributed by atoms with van der Waals surface area (Å²) >= 11 is 1.32. The van der Waals surface area contributed by atoms with Crippen molar-refractivity contribution < 1.29 is 13.6 Å². The van der Waals surface area contributed by atoms with Crippen molar-refractivity contribution in [3.8, 4) is 0 Å². The molecule has 0 bridgehead atoms. The highest BCUT2D eigenvalue weighted by molar-refractivity contribution is 7.98. The Morgan fingerprint density at radius 3 is 2.85 bits per heavy atom. The average molecular weight is 294 g/mol. The average Bonchev–Trinajstić information content (AvgIpc) is 2.91. The van der Waals surface area contributed by atoms with Crippen molar-refractivity contribution in [2.75, 3.05) is 18.6 Å². The van der Waals surface area contributed by atoms with Gasteiger partial charge in [0.2, 0.25) is 0 Å². The van der Waals surface area contributed by atoms with Crippen LogP contribution in [0.3, 0.4) is 0 Å². The summed E-state index contributed by atoms with van der Waals surface area (Å²) in [5.41, 5.74) is 0.427. The third-order valence-corrected chi connectivity index (χ3v) is 3.49. The van der Waals surface area contributed by atoms with Crippen LogP contribution in [0.2, 0.25) is 0 Å². The Morgan fingerprint density at radius 2 is 2.25 bits per heavy atom. The van der Waals surface area contributed by atoms with E-state index in [0.29, 0.717) is 22.9 Å². The van der Waals surface area contributed by atoms with Crippen molar-refractivity contribution in [2.24, 2.45) is 0 Å². The molecule has 6 heteroatoms. The largest absolute Gasteiger partial charge is 0.467 e. The summed E-state index contributed by atoms with van der Waals surface area (Å²) in [6.45, 7) is 0.351. The molecule has 0 aliphatic carbocycles. The molecule has 0 radical (unpaired) electrons. The van der Waals surface area contributed by atoms with Gasteiger partial charge in [-0.1, -0.05) is 0 Å². The molecule has 106 valence electrons. The zero-order valence-corrected chi connectivity index (χ0v) is 12.0. The predicted molar refractivity (Wildman–Crippen MR) is 77.4 cm³/mol. The van der Waals surface area contributed by atoms with Gasteiger partial charge in [0.05, 0.1) is 12.8 Å². The Balaban J connectivity index is 1.98. The van der Waals surface area contributed by atoms with E-state index in [1.54, 1.807) is 43.8 Å². The number of carbonyl (C=O) groups is 1. The maximum atomic E-state index is 13.6. The van der Waals surface area contributed by atoms with Gasteiger partial charge in [0.15, 0.2) is 0 Å². The molecule has 0 aliphatic rings. The maximum absolute atomic E-state index is 13.6. The fraction of sp³-hybridized carbons (Fsp3) is 0.214. The van der Waals surface area contributed by atoms with Gasteiger partial charge in [-0.25, -0.2) is 9.18 Å². The van der Waals surface area contributed by atoms with Crippen LogP contribution >= 0.6 is 11.8 Å². The summed E-state index contributed by atoms with van der Waals surface area (Å²) in [6.07, 6.45) is 3.35. The Hall–Kier alpha value is -1.95. The highest BCUT2D eigenvalue weighted by atomic mass is 32.2. The number of carbonyl (C=O) groups excluding carboxylic acids is 1. The molecular weight excluding hydrogens is 279 g/mol. The van der Waals surface area contributed by atoms with Crippen LogP contribution in [-0.2, 0) is 6.54 Å². The lowest BCUT2D eigenvalue weighted by Crippen LogP contribution is -2.30. The standard InChI is InChI=1S/C14H15FN2O2S/c1-17(9-11-4-3-7-19-11)14(18)16-10-5-6-13(20-2)12(15)8-10/h3-8H,9H2,1-2H3,(H,16,18). The predicted octanol–water partition coefficient (Wildman–Crippen LogP) is 3.80. The number of thioether (sulfide) groups is 1. The summed E-state index contributed by atoms with van der Waals surface area (Å²) < 4.78 is 18.8. The molecule has 2 aromatic rings. The number of nitrogens with zero attached hydrogens (tertiary/aromatic N) is 1. The second kappa shape index (κ2) is 6.47. The van der Waals surface area contributed by atoms with E-state index in [2.05, 4.69) is 5.32 Å². The van der Waals surface area contributed by atoms with Crippen LogP contribution in [-0.4, -0.2) is 24.2 Å². The van der Waals surface area contributed by atoms with E-state index in [-0.39, 0.29) is 11.8 Å². The van der Waals surface area contributed by atoms with Crippen LogP contribution < -0.4 is 5.32 Å². The molecule has 1 N–H and O–H groups in total. The molecule has 4 nitrogen and oxygen atoms in total. The quantitative estimate of drug-likeness (QED) is 0.872. The highest BCUT2D eigenvalue weighted by Gasteiger charge is 2.11. The number of urea groups is 1. The van der Waals surface area contributed by atoms with Crippen molar-refractivity contribution in [2.45, 2.75) is 11.4 Å². The van der Waals surface area contributed by atoms with Crippen LogP contribution in [0.15, 0.2) is 45.9 Å². The molecule has 0 spiro atoms. The lowest BCUT2D eigenvalue weighted by molar-refractivity contribution is 0.217. The number of rotatable bonds is 4. The molecular formula is C14H15FN2O2S. The summed E-state index contributed by atoms with van der Waals surface area (Å²) in [5.74, 6) is 0.343. The van der Waals surface area contributed by atoms with Crippen molar-refractivity contribution >= 4 is 23.5 Å². The lowest BCUT2D eigenvalue weighted by Gasteiger charge is -2.16. The van der Waals surface area contributed by atoms with Crippen molar-refractivity contribution in [1.29, 1.82) is 0 Å². The van der Waals surface area contributed by atoms with Crippen LogP contribution in [0.5, 0.6) is 0 Å². The fourth-order valence-corrected chi connectivity index (χ4v) is 2.13. The third kappa shape index (κ3) is 3.54. The molecule has 0 saturated heterocycles. The van der Waals surface area contributed by atoms with Crippen LogP contribution in [0, 0.1) is 5.82 Å². The monoisotopic (exact) mass is 294 g/mol. The van der Waals surface area contributed by atoms with E-state index in [1.807, 2.05) is 0 Å². The molecule has 20 heavy (non-hydrogen) atoms. The first kappa shape index (κ1) is 14.5. The van der Waals surface area contributed by atoms with E-state index in [9.17, 15) is 9.18 Å². The first-order valence-electron chi connectivity index (χ1n) is 5.98. The van der Waals surface area contributed by atoms with Crippen LogP contribution in [0.25, 0.3) is 0 Å². The molecule has 0 aliphatic heterocycles. The van der Waals surface area contributed by atoms with Gasteiger partial charge in [0.1, 0.15) is 11.6 Å². The van der Waals surface area contributed by atoms with E-state index < -0.39 is 0 Å². The molecule has 2 amide bonds. The molecule has 0 atom stereocenters. The van der Waals surface area contributed by atoms with Gasteiger partial charge in [0, 0.05) is 17.6 Å². The first-order chi connectivity index (χ1) is 9.60. The topological polar surface area (TPSA) is 45.5 Å². The maximum Gasteiger partial charge on any atom is 0.321 e. The molecule has 1 aromatic heterocycles. The van der Waals surface area contributed by atoms with Gasteiger partial charge >= 0.3 is 6.03 Å². The van der Waals surface area contributed by atoms with Crippen LogP contribution in [0.1, 0.15) is 5.76 Å². The number of anilines is 1. The van der Waals surface area contributed by atoms with Gasteiger partial charge in [-0.05, 0) is 36.6 Å². The SMILES string of the molecule is CSc1ccc(NC(=O)N(C)Cc2ccco2)cc1F. The number of benzene rings is 1. The third-order valence-electron chi connectivity index (χ3n) is 2.72. The highest BCUT2D eigenvalue weighted by Crippen LogP contribution is 2.22. The molecule has 2 rings (SSSR count). The molecule has 1 aromatic carbocycles. The molecule has 0 fully saturated rings. The number of hydrogen-bond donors (Lipinski definition) is 1. The Bertz CT molecular complexity index is 587. The zero-order valence-electron chi connectivity index (χ0n) is 11.2. The Morgan fingerprint density at radius 1 is 1.45 bits per heavy atom. The van der Waals surface area contributed by atoms with E-state index in [0.717, 1.165) is 0 Å². The van der Waals surface area contributed by atoms with Gasteiger partial charge in [0.25, 0.3) is 0 Å². The number of amides is 2.